The lowest BCUT2D eigenvalue weighted by Crippen LogP contribution is -2.43. The van der Waals surface area contributed by atoms with E-state index in [1.807, 2.05) is 24.0 Å². The van der Waals surface area contributed by atoms with Crippen LogP contribution in [0.2, 0.25) is 5.02 Å². The zero-order valence-corrected chi connectivity index (χ0v) is 22.5. The molecule has 0 atom stereocenters. The van der Waals surface area contributed by atoms with Crippen molar-refractivity contribution in [1.29, 1.82) is 0 Å². The predicted molar refractivity (Wildman–Crippen MR) is 156 cm³/mol. The number of fused-ring (bicyclic) bond motifs is 1. The van der Waals surface area contributed by atoms with E-state index in [4.69, 9.17) is 11.6 Å². The fourth-order valence-corrected chi connectivity index (χ4v) is 5.23. The third-order valence-corrected chi connectivity index (χ3v) is 7.27. The quantitative estimate of drug-likeness (QED) is 0.305. The molecule has 0 unspecified atom stereocenters. The minimum Gasteiger partial charge on any atom is -0.367 e. The molecule has 11 heteroatoms. The first-order valence-corrected chi connectivity index (χ1v) is 13.4. The van der Waals surface area contributed by atoms with E-state index in [2.05, 4.69) is 30.6 Å². The maximum Gasteiger partial charge on any atom is 0.260 e. The van der Waals surface area contributed by atoms with Gasteiger partial charge in [-0.25, -0.2) is 19.3 Å². The topological polar surface area (TPSA) is 101 Å². The lowest BCUT2D eigenvalue weighted by atomic mass is 10.0. The van der Waals surface area contributed by atoms with Crippen LogP contribution in [0.3, 0.4) is 0 Å². The normalized spacial score (nSPS) is 13.5. The Balaban J connectivity index is 1.32. The third-order valence-electron chi connectivity index (χ3n) is 6.96. The van der Waals surface area contributed by atoms with Crippen LogP contribution in [-0.4, -0.2) is 50.7 Å². The summed E-state index contributed by atoms with van der Waals surface area (Å²) in [5, 5.41) is 7.46. The van der Waals surface area contributed by atoms with Crippen LogP contribution < -0.4 is 21.1 Å². The van der Waals surface area contributed by atoms with Crippen LogP contribution in [0.25, 0.3) is 33.3 Å². The average molecular weight is 557 g/mol. The smallest absolute Gasteiger partial charge is 0.260 e. The van der Waals surface area contributed by atoms with E-state index in [1.165, 1.54) is 12.4 Å². The van der Waals surface area contributed by atoms with Crippen molar-refractivity contribution in [2.75, 3.05) is 36.4 Å². The van der Waals surface area contributed by atoms with E-state index in [1.54, 1.807) is 47.4 Å². The highest BCUT2D eigenvalue weighted by Crippen LogP contribution is 2.32. The van der Waals surface area contributed by atoms with Crippen LogP contribution in [0.5, 0.6) is 0 Å². The van der Waals surface area contributed by atoms with Crippen LogP contribution in [0.4, 0.5) is 21.7 Å². The summed E-state index contributed by atoms with van der Waals surface area (Å²) in [7, 11) is 0. The largest absolute Gasteiger partial charge is 0.367 e. The number of aromatic nitrogens is 5. The van der Waals surface area contributed by atoms with Gasteiger partial charge in [-0.15, -0.1) is 0 Å². The second-order valence-electron chi connectivity index (χ2n) is 9.43. The Hall–Kier alpha value is -4.41. The van der Waals surface area contributed by atoms with E-state index >= 15 is 0 Å². The number of halogens is 2. The Kier molecular flexibility index (Phi) is 7.10. The number of pyridine rings is 1. The van der Waals surface area contributed by atoms with E-state index in [9.17, 15) is 9.18 Å². The standard InChI is InChI=1S/C29H26ClFN8O/c1-2-39-27-19(11-23(28(39)40)22-5-3-18(12-24(22)30)20-14-33-17-34-15-20)16-35-29(37-27)36-21-4-6-26(25(31)13-21)38-9-7-32-8-10-38/h3-6,11-17,32H,2,7-10H2,1H3,(H,35,36,37). The monoisotopic (exact) mass is 556 g/mol. The van der Waals surface area contributed by atoms with Crippen molar-refractivity contribution < 1.29 is 4.39 Å². The molecule has 4 heterocycles. The summed E-state index contributed by atoms with van der Waals surface area (Å²) in [6.07, 6.45) is 6.52. The summed E-state index contributed by atoms with van der Waals surface area (Å²) in [4.78, 5) is 32.7. The summed E-state index contributed by atoms with van der Waals surface area (Å²) in [5.74, 6) is -0.0471. The molecule has 0 bridgehead atoms. The fourth-order valence-electron chi connectivity index (χ4n) is 4.94. The number of anilines is 3. The zero-order chi connectivity index (χ0) is 27.6. The number of hydrogen-bond acceptors (Lipinski definition) is 8. The van der Waals surface area contributed by atoms with Crippen LogP contribution in [0, 0.1) is 5.82 Å². The number of nitrogens with zero attached hydrogens (tertiary/aromatic N) is 6. The third kappa shape index (κ3) is 4.99. The van der Waals surface area contributed by atoms with Crippen molar-refractivity contribution in [3.8, 4) is 22.3 Å². The van der Waals surface area contributed by atoms with Gasteiger partial charge in [-0.2, -0.15) is 4.98 Å². The Morgan fingerprint density at radius 1 is 1.00 bits per heavy atom. The molecule has 0 amide bonds. The molecule has 0 saturated carbocycles. The number of piperazine rings is 1. The molecular formula is C29H26ClFN8O. The number of nitrogens with one attached hydrogen (secondary N) is 2. The van der Waals surface area contributed by atoms with Gasteiger partial charge in [0.1, 0.15) is 17.8 Å². The lowest BCUT2D eigenvalue weighted by Gasteiger charge is -2.29. The van der Waals surface area contributed by atoms with Crippen molar-refractivity contribution in [2.45, 2.75) is 13.5 Å². The Bertz CT molecular complexity index is 1760. The van der Waals surface area contributed by atoms with Gasteiger partial charge in [0.15, 0.2) is 0 Å². The number of aryl methyl sites for hydroxylation is 1. The summed E-state index contributed by atoms with van der Waals surface area (Å²) in [5.41, 5.74) is 4.08. The minimum absolute atomic E-state index is 0.219. The molecule has 3 aromatic heterocycles. The minimum atomic E-state index is -0.314. The van der Waals surface area contributed by atoms with Gasteiger partial charge in [-0.05, 0) is 42.8 Å². The SMILES string of the molecule is CCn1c(=O)c(-c2ccc(-c3cncnc3)cc2Cl)cc2cnc(Nc3ccc(N4CCNCC4)c(F)c3)nc21. The highest BCUT2D eigenvalue weighted by Gasteiger charge is 2.17. The van der Waals surface area contributed by atoms with Crippen LogP contribution in [-0.2, 0) is 6.54 Å². The summed E-state index contributed by atoms with van der Waals surface area (Å²) >= 11 is 6.65. The molecule has 6 rings (SSSR count). The van der Waals surface area contributed by atoms with Crippen LogP contribution in [0.15, 0.2) is 72.2 Å². The van der Waals surface area contributed by atoms with Crippen molar-refractivity contribution in [3.05, 3.63) is 88.6 Å². The number of benzene rings is 2. The molecule has 1 aliphatic heterocycles. The molecule has 5 aromatic rings. The molecule has 0 spiro atoms. The summed E-state index contributed by atoms with van der Waals surface area (Å²) in [6, 6.07) is 12.3. The van der Waals surface area contributed by atoms with Crippen LogP contribution >= 0.6 is 11.6 Å². The van der Waals surface area contributed by atoms with Gasteiger partial charge in [-0.1, -0.05) is 23.7 Å². The second kappa shape index (κ2) is 11.0. The highest BCUT2D eigenvalue weighted by atomic mass is 35.5. The average Bonchev–Trinajstić information content (AvgIpc) is 2.98. The Morgan fingerprint density at radius 2 is 1.80 bits per heavy atom. The number of hydrogen-bond donors (Lipinski definition) is 2. The van der Waals surface area contributed by atoms with Gasteiger partial charge in [-0.3, -0.25) is 9.36 Å². The molecule has 1 aliphatic rings. The van der Waals surface area contributed by atoms with Crippen molar-refractivity contribution in [3.63, 3.8) is 0 Å². The molecule has 0 aliphatic carbocycles. The Labute approximate surface area is 234 Å². The van der Waals surface area contributed by atoms with E-state index in [-0.39, 0.29) is 17.3 Å². The van der Waals surface area contributed by atoms with Gasteiger partial charge in [0, 0.05) is 84.1 Å². The van der Waals surface area contributed by atoms with Gasteiger partial charge < -0.3 is 15.5 Å². The van der Waals surface area contributed by atoms with E-state index in [0.29, 0.717) is 45.1 Å². The zero-order valence-electron chi connectivity index (χ0n) is 21.7. The first-order valence-electron chi connectivity index (χ1n) is 13.0. The molecule has 1 saturated heterocycles. The number of rotatable bonds is 6. The summed E-state index contributed by atoms with van der Waals surface area (Å²) in [6.45, 7) is 5.43. The first kappa shape index (κ1) is 25.8. The predicted octanol–water partition coefficient (Wildman–Crippen LogP) is 4.88. The summed E-state index contributed by atoms with van der Waals surface area (Å²) < 4.78 is 16.5. The maximum atomic E-state index is 14.9. The molecule has 1 fully saturated rings. The molecule has 40 heavy (non-hydrogen) atoms. The molecule has 9 nitrogen and oxygen atoms in total. The van der Waals surface area contributed by atoms with Crippen LogP contribution in [0.1, 0.15) is 6.92 Å². The van der Waals surface area contributed by atoms with Gasteiger partial charge >= 0.3 is 0 Å². The molecule has 2 N–H and O–H groups in total. The van der Waals surface area contributed by atoms with Crippen molar-refractivity contribution >= 4 is 40.0 Å². The van der Waals surface area contributed by atoms with Gasteiger partial charge in [0.2, 0.25) is 5.95 Å². The molecular weight excluding hydrogens is 531 g/mol. The van der Waals surface area contributed by atoms with Gasteiger partial charge in [0.25, 0.3) is 5.56 Å². The lowest BCUT2D eigenvalue weighted by molar-refractivity contribution is 0.566. The van der Waals surface area contributed by atoms with Crippen molar-refractivity contribution in [1.82, 2.24) is 29.8 Å². The fraction of sp³-hybridized carbons (Fsp3) is 0.207. The van der Waals surface area contributed by atoms with E-state index < -0.39 is 0 Å². The Morgan fingerprint density at radius 3 is 2.52 bits per heavy atom. The molecule has 2 aromatic carbocycles. The van der Waals surface area contributed by atoms with Gasteiger partial charge in [0.05, 0.1) is 5.69 Å². The van der Waals surface area contributed by atoms with Crippen molar-refractivity contribution in [2.24, 2.45) is 0 Å². The van der Waals surface area contributed by atoms with E-state index in [0.717, 1.165) is 37.3 Å². The molecule has 202 valence electrons. The second-order valence-corrected chi connectivity index (χ2v) is 9.84. The first-order chi connectivity index (χ1) is 19.5. The maximum absolute atomic E-state index is 14.9. The molecule has 0 radical (unpaired) electrons. The highest BCUT2D eigenvalue weighted by molar-refractivity contribution is 6.33.